The van der Waals surface area contributed by atoms with Crippen molar-refractivity contribution in [2.75, 3.05) is 24.9 Å². The van der Waals surface area contributed by atoms with Crippen LogP contribution in [0.15, 0.2) is 60.8 Å². The lowest BCUT2D eigenvalue weighted by Gasteiger charge is -2.10. The summed E-state index contributed by atoms with van der Waals surface area (Å²) in [5, 5.41) is 5.89. The van der Waals surface area contributed by atoms with E-state index in [-0.39, 0.29) is 11.7 Å². The van der Waals surface area contributed by atoms with Crippen LogP contribution in [0.3, 0.4) is 0 Å². The fraction of sp³-hybridized carbons (Fsp3) is 0.217. The van der Waals surface area contributed by atoms with Gasteiger partial charge in [-0.1, -0.05) is 24.3 Å². The quantitative estimate of drug-likeness (QED) is 0.547. The molecule has 0 atom stereocenters. The predicted octanol–water partition coefficient (Wildman–Crippen LogP) is 4.42. The van der Waals surface area contributed by atoms with Crippen LogP contribution < -0.4 is 20.1 Å². The van der Waals surface area contributed by atoms with Crippen molar-refractivity contribution in [3.8, 4) is 11.5 Å². The summed E-state index contributed by atoms with van der Waals surface area (Å²) in [6.07, 6.45) is 2.46. The summed E-state index contributed by atoms with van der Waals surface area (Å²) in [4.78, 5) is 16.5. The highest BCUT2D eigenvalue weighted by Crippen LogP contribution is 2.28. The van der Waals surface area contributed by atoms with Gasteiger partial charge in [-0.05, 0) is 42.3 Å². The molecule has 0 saturated heterocycles. The zero-order valence-electron chi connectivity index (χ0n) is 16.9. The van der Waals surface area contributed by atoms with E-state index in [1.807, 2.05) is 18.2 Å². The predicted molar refractivity (Wildman–Crippen MR) is 114 cm³/mol. The highest BCUT2D eigenvalue weighted by molar-refractivity contribution is 5.90. The number of halogens is 1. The van der Waals surface area contributed by atoms with Gasteiger partial charge in [0.25, 0.3) is 0 Å². The molecule has 0 radical (unpaired) electrons. The Morgan fingerprint density at radius 3 is 2.53 bits per heavy atom. The topological polar surface area (TPSA) is 72.5 Å². The van der Waals surface area contributed by atoms with Crippen LogP contribution >= 0.6 is 0 Å². The van der Waals surface area contributed by atoms with E-state index in [4.69, 9.17) is 9.47 Å². The first-order chi connectivity index (χ1) is 14.6. The molecule has 30 heavy (non-hydrogen) atoms. The van der Waals surface area contributed by atoms with Crippen LogP contribution in [0, 0.1) is 5.82 Å². The van der Waals surface area contributed by atoms with Crippen molar-refractivity contribution in [3.63, 3.8) is 0 Å². The SMILES string of the molecule is COc1ccc(CCC(=O)Nc2ccc(NCc3ccccc3F)nc2)cc1OC. The molecule has 3 rings (SSSR count). The molecular formula is C23H24FN3O3. The Morgan fingerprint density at radius 2 is 1.83 bits per heavy atom. The highest BCUT2D eigenvalue weighted by atomic mass is 19.1. The van der Waals surface area contributed by atoms with Crippen molar-refractivity contribution >= 4 is 17.4 Å². The summed E-state index contributed by atoms with van der Waals surface area (Å²) in [5.41, 5.74) is 2.14. The monoisotopic (exact) mass is 409 g/mol. The maximum absolute atomic E-state index is 13.7. The first-order valence-corrected chi connectivity index (χ1v) is 9.53. The number of carbonyl (C=O) groups is 1. The molecule has 0 aliphatic rings. The molecule has 3 aromatic rings. The van der Waals surface area contributed by atoms with Crippen molar-refractivity contribution < 1.29 is 18.7 Å². The average molecular weight is 409 g/mol. The maximum Gasteiger partial charge on any atom is 0.224 e. The summed E-state index contributed by atoms with van der Waals surface area (Å²) in [6, 6.07) is 15.7. The zero-order valence-corrected chi connectivity index (χ0v) is 16.9. The number of carbonyl (C=O) groups excluding carboxylic acids is 1. The number of hydrogen-bond acceptors (Lipinski definition) is 5. The Labute approximate surface area is 175 Å². The average Bonchev–Trinajstić information content (AvgIpc) is 2.78. The van der Waals surface area contributed by atoms with E-state index in [1.54, 1.807) is 50.7 Å². The van der Waals surface area contributed by atoms with Gasteiger partial charge in [-0.2, -0.15) is 0 Å². The van der Waals surface area contributed by atoms with Gasteiger partial charge in [0.1, 0.15) is 11.6 Å². The van der Waals surface area contributed by atoms with Gasteiger partial charge in [-0.25, -0.2) is 9.37 Å². The molecule has 1 heterocycles. The van der Waals surface area contributed by atoms with Crippen LogP contribution in [-0.2, 0) is 17.8 Å². The second-order valence-corrected chi connectivity index (χ2v) is 6.61. The Bertz CT molecular complexity index is 993. The summed E-state index contributed by atoms with van der Waals surface area (Å²) in [6.45, 7) is 0.330. The molecule has 0 spiro atoms. The molecule has 0 unspecified atom stereocenters. The standard InChI is InChI=1S/C23H24FN3O3/c1-29-20-10-7-16(13-21(20)30-2)8-12-23(28)27-18-9-11-22(26-15-18)25-14-17-5-3-4-6-19(17)24/h3-7,9-11,13,15H,8,12,14H2,1-2H3,(H,25,26)(H,27,28). The smallest absolute Gasteiger partial charge is 0.224 e. The number of aryl methyl sites for hydroxylation is 1. The number of methoxy groups -OCH3 is 2. The van der Waals surface area contributed by atoms with Crippen LogP contribution in [0.5, 0.6) is 11.5 Å². The summed E-state index contributed by atoms with van der Waals surface area (Å²) >= 11 is 0. The van der Waals surface area contributed by atoms with E-state index in [9.17, 15) is 9.18 Å². The minimum absolute atomic E-state index is 0.112. The molecule has 0 aliphatic heterocycles. The van der Waals surface area contributed by atoms with Crippen LogP contribution in [0.2, 0.25) is 0 Å². The van der Waals surface area contributed by atoms with Crippen LogP contribution in [0.25, 0.3) is 0 Å². The van der Waals surface area contributed by atoms with E-state index in [0.717, 1.165) is 5.56 Å². The third-order valence-corrected chi connectivity index (χ3v) is 4.55. The van der Waals surface area contributed by atoms with Gasteiger partial charge in [-0.3, -0.25) is 4.79 Å². The van der Waals surface area contributed by atoms with Crippen LogP contribution in [0.4, 0.5) is 15.9 Å². The molecule has 2 N–H and O–H groups in total. The van der Waals surface area contributed by atoms with E-state index in [0.29, 0.717) is 48.0 Å². The van der Waals surface area contributed by atoms with Gasteiger partial charge in [0, 0.05) is 18.5 Å². The van der Waals surface area contributed by atoms with Gasteiger partial charge in [0.2, 0.25) is 5.91 Å². The lowest BCUT2D eigenvalue weighted by Crippen LogP contribution is -2.12. The number of pyridine rings is 1. The molecule has 0 aliphatic carbocycles. The molecule has 0 saturated carbocycles. The highest BCUT2D eigenvalue weighted by Gasteiger charge is 2.08. The molecule has 7 heteroatoms. The first-order valence-electron chi connectivity index (χ1n) is 9.53. The molecule has 0 fully saturated rings. The van der Waals surface area contributed by atoms with Gasteiger partial charge in [0.15, 0.2) is 11.5 Å². The molecular weight excluding hydrogens is 385 g/mol. The van der Waals surface area contributed by atoms with Crippen LogP contribution in [-0.4, -0.2) is 25.1 Å². The fourth-order valence-corrected chi connectivity index (χ4v) is 2.92. The minimum Gasteiger partial charge on any atom is -0.493 e. The fourth-order valence-electron chi connectivity index (χ4n) is 2.92. The molecule has 1 aromatic heterocycles. The summed E-state index contributed by atoms with van der Waals surface area (Å²) in [7, 11) is 3.16. The number of ether oxygens (including phenoxy) is 2. The van der Waals surface area contributed by atoms with Crippen molar-refractivity contribution in [1.29, 1.82) is 0 Å². The molecule has 1 amide bonds. The second-order valence-electron chi connectivity index (χ2n) is 6.61. The van der Waals surface area contributed by atoms with Gasteiger partial charge in [-0.15, -0.1) is 0 Å². The number of amides is 1. The minimum atomic E-state index is -0.261. The van der Waals surface area contributed by atoms with Crippen molar-refractivity contribution in [2.45, 2.75) is 19.4 Å². The van der Waals surface area contributed by atoms with Crippen LogP contribution in [0.1, 0.15) is 17.5 Å². The second kappa shape index (κ2) is 10.2. The van der Waals surface area contributed by atoms with Crippen molar-refractivity contribution in [3.05, 3.63) is 77.7 Å². The molecule has 6 nitrogen and oxygen atoms in total. The zero-order chi connectivity index (χ0) is 21.3. The number of benzene rings is 2. The molecule has 0 bridgehead atoms. The third-order valence-electron chi connectivity index (χ3n) is 4.55. The Morgan fingerprint density at radius 1 is 1.03 bits per heavy atom. The Kier molecular flexibility index (Phi) is 7.21. The summed E-state index contributed by atoms with van der Waals surface area (Å²) in [5.74, 6) is 1.52. The number of nitrogens with zero attached hydrogens (tertiary/aromatic N) is 1. The van der Waals surface area contributed by atoms with Crippen molar-refractivity contribution in [1.82, 2.24) is 4.98 Å². The Balaban J connectivity index is 1.49. The number of rotatable bonds is 9. The van der Waals surface area contributed by atoms with Gasteiger partial charge >= 0.3 is 0 Å². The number of anilines is 2. The van der Waals surface area contributed by atoms with Crippen molar-refractivity contribution in [2.24, 2.45) is 0 Å². The van der Waals surface area contributed by atoms with Gasteiger partial charge < -0.3 is 20.1 Å². The van der Waals surface area contributed by atoms with E-state index in [2.05, 4.69) is 15.6 Å². The van der Waals surface area contributed by atoms with Gasteiger partial charge in [0.05, 0.1) is 26.1 Å². The molecule has 156 valence electrons. The lowest BCUT2D eigenvalue weighted by molar-refractivity contribution is -0.116. The lowest BCUT2D eigenvalue weighted by atomic mass is 10.1. The maximum atomic E-state index is 13.7. The number of hydrogen-bond donors (Lipinski definition) is 2. The van der Waals surface area contributed by atoms with E-state index < -0.39 is 0 Å². The first kappa shape index (κ1) is 21.1. The number of aromatic nitrogens is 1. The van der Waals surface area contributed by atoms with E-state index in [1.165, 1.54) is 6.07 Å². The largest absolute Gasteiger partial charge is 0.493 e. The number of nitrogens with one attached hydrogen (secondary N) is 2. The summed E-state index contributed by atoms with van der Waals surface area (Å²) < 4.78 is 24.2. The van der Waals surface area contributed by atoms with E-state index >= 15 is 0 Å². The Hall–Kier alpha value is -3.61. The normalized spacial score (nSPS) is 10.4. The molecule has 2 aromatic carbocycles. The third kappa shape index (κ3) is 5.70.